The molecule has 0 aliphatic rings. The molecule has 1 aromatic carbocycles. The average Bonchev–Trinajstić information content (AvgIpc) is 3.09. The van der Waals surface area contributed by atoms with Crippen LogP contribution in [0.4, 0.5) is 4.39 Å². The van der Waals surface area contributed by atoms with Gasteiger partial charge in [-0.25, -0.2) is 4.39 Å². The van der Waals surface area contributed by atoms with Crippen LogP contribution in [0.5, 0.6) is 5.75 Å². The lowest BCUT2D eigenvalue weighted by Gasteiger charge is -2.03. The lowest BCUT2D eigenvalue weighted by atomic mass is 10.1. The number of thioether (sulfide) groups is 1. The van der Waals surface area contributed by atoms with E-state index < -0.39 is 5.82 Å². The molecule has 0 bridgehead atoms. The van der Waals surface area contributed by atoms with Gasteiger partial charge in [0.1, 0.15) is 0 Å². The van der Waals surface area contributed by atoms with Gasteiger partial charge >= 0.3 is 0 Å². The van der Waals surface area contributed by atoms with Gasteiger partial charge in [0.15, 0.2) is 17.3 Å². The van der Waals surface area contributed by atoms with Crippen LogP contribution >= 0.6 is 11.8 Å². The fourth-order valence-corrected chi connectivity index (χ4v) is 2.58. The maximum Gasteiger partial charge on any atom is 0.277 e. The molecular formula is C16H12FN3O3S. The maximum absolute atomic E-state index is 13.6. The molecule has 0 fully saturated rings. The van der Waals surface area contributed by atoms with Crippen molar-refractivity contribution in [3.63, 3.8) is 0 Å². The normalized spacial score (nSPS) is 10.6. The first kappa shape index (κ1) is 16.1. The van der Waals surface area contributed by atoms with E-state index in [0.29, 0.717) is 11.5 Å². The third-order valence-corrected chi connectivity index (χ3v) is 3.93. The van der Waals surface area contributed by atoms with E-state index >= 15 is 0 Å². The Morgan fingerprint density at radius 1 is 1.33 bits per heavy atom. The zero-order chi connectivity index (χ0) is 16.9. The predicted molar refractivity (Wildman–Crippen MR) is 85.5 cm³/mol. The summed E-state index contributed by atoms with van der Waals surface area (Å²) in [4.78, 5) is 16.1. The maximum atomic E-state index is 13.6. The number of halogens is 1. The minimum absolute atomic E-state index is 0.0560. The zero-order valence-electron chi connectivity index (χ0n) is 12.6. The van der Waals surface area contributed by atoms with E-state index in [1.807, 2.05) is 0 Å². The SMILES string of the molecule is COc1ccc(C(=O)CSc2nnc(-c3cccnc3)o2)cc1F. The number of benzene rings is 1. The highest BCUT2D eigenvalue weighted by atomic mass is 32.2. The van der Waals surface area contributed by atoms with Crippen molar-refractivity contribution in [1.82, 2.24) is 15.2 Å². The highest BCUT2D eigenvalue weighted by Gasteiger charge is 2.14. The molecule has 3 rings (SSSR count). The van der Waals surface area contributed by atoms with Crippen molar-refractivity contribution in [2.24, 2.45) is 0 Å². The number of ketones is 1. The Morgan fingerprint density at radius 2 is 2.21 bits per heavy atom. The fraction of sp³-hybridized carbons (Fsp3) is 0.125. The van der Waals surface area contributed by atoms with Crippen LogP contribution in [0.2, 0.25) is 0 Å². The van der Waals surface area contributed by atoms with Gasteiger partial charge in [-0.2, -0.15) is 0 Å². The molecule has 0 aliphatic heterocycles. The van der Waals surface area contributed by atoms with Crippen molar-refractivity contribution in [2.75, 3.05) is 12.9 Å². The number of pyridine rings is 1. The minimum Gasteiger partial charge on any atom is -0.494 e. The summed E-state index contributed by atoms with van der Waals surface area (Å²) in [5, 5.41) is 8.04. The molecule has 0 aliphatic carbocycles. The van der Waals surface area contributed by atoms with Crippen LogP contribution in [0, 0.1) is 5.82 Å². The van der Waals surface area contributed by atoms with E-state index in [4.69, 9.17) is 9.15 Å². The van der Waals surface area contributed by atoms with E-state index in [1.165, 1.54) is 19.2 Å². The summed E-state index contributed by atoms with van der Waals surface area (Å²) in [7, 11) is 1.37. The molecule has 0 saturated carbocycles. The van der Waals surface area contributed by atoms with Crippen molar-refractivity contribution in [2.45, 2.75) is 5.22 Å². The highest BCUT2D eigenvalue weighted by molar-refractivity contribution is 7.99. The summed E-state index contributed by atoms with van der Waals surface area (Å²) in [6.45, 7) is 0. The standard InChI is InChI=1S/C16H12FN3O3S/c1-22-14-5-4-10(7-12(14)17)13(21)9-24-16-20-19-15(23-16)11-3-2-6-18-8-11/h2-8H,9H2,1H3. The second-order valence-corrected chi connectivity index (χ2v) is 5.60. The van der Waals surface area contributed by atoms with E-state index in [-0.39, 0.29) is 28.1 Å². The number of hydrogen-bond acceptors (Lipinski definition) is 7. The first-order chi connectivity index (χ1) is 11.7. The minimum atomic E-state index is -0.579. The Kier molecular flexibility index (Phi) is 4.85. The quantitative estimate of drug-likeness (QED) is 0.501. The molecule has 0 atom stereocenters. The first-order valence-corrected chi connectivity index (χ1v) is 7.89. The Hall–Kier alpha value is -2.74. The van der Waals surface area contributed by atoms with Crippen molar-refractivity contribution < 1.29 is 18.3 Å². The van der Waals surface area contributed by atoms with Gasteiger partial charge in [0.25, 0.3) is 5.22 Å². The number of carbonyl (C=O) groups is 1. The molecule has 2 aromatic heterocycles. The summed E-state index contributed by atoms with van der Waals surface area (Å²) in [5.41, 5.74) is 0.952. The molecule has 24 heavy (non-hydrogen) atoms. The second kappa shape index (κ2) is 7.22. The number of aromatic nitrogens is 3. The van der Waals surface area contributed by atoms with Crippen LogP contribution in [0.25, 0.3) is 11.5 Å². The van der Waals surface area contributed by atoms with Crippen LogP contribution < -0.4 is 4.74 Å². The Labute approximate surface area is 141 Å². The number of ether oxygens (including phenoxy) is 1. The molecule has 0 saturated heterocycles. The first-order valence-electron chi connectivity index (χ1n) is 6.91. The van der Waals surface area contributed by atoms with Crippen LogP contribution in [0.3, 0.4) is 0 Å². The molecule has 8 heteroatoms. The van der Waals surface area contributed by atoms with Gasteiger partial charge in [-0.3, -0.25) is 9.78 Å². The highest BCUT2D eigenvalue weighted by Crippen LogP contribution is 2.24. The van der Waals surface area contributed by atoms with Gasteiger partial charge in [0.05, 0.1) is 18.4 Å². The average molecular weight is 345 g/mol. The number of Topliss-reactive ketones (excluding diaryl/α,β-unsaturated/α-hetero) is 1. The summed E-state index contributed by atoms with van der Waals surface area (Å²) < 4.78 is 23.9. The van der Waals surface area contributed by atoms with Gasteiger partial charge in [-0.1, -0.05) is 11.8 Å². The van der Waals surface area contributed by atoms with Crippen molar-refractivity contribution in [1.29, 1.82) is 0 Å². The molecular weight excluding hydrogens is 333 g/mol. The van der Waals surface area contributed by atoms with E-state index in [2.05, 4.69) is 15.2 Å². The number of carbonyl (C=O) groups excluding carboxylic acids is 1. The Balaban J connectivity index is 1.65. The third kappa shape index (κ3) is 3.60. The van der Waals surface area contributed by atoms with E-state index in [1.54, 1.807) is 24.5 Å². The largest absolute Gasteiger partial charge is 0.494 e. The van der Waals surface area contributed by atoms with Crippen LogP contribution in [-0.4, -0.2) is 33.8 Å². The predicted octanol–water partition coefficient (Wildman–Crippen LogP) is 3.25. The molecule has 0 N–H and O–H groups in total. The molecule has 122 valence electrons. The second-order valence-electron chi connectivity index (χ2n) is 4.68. The Bertz CT molecular complexity index is 855. The molecule has 0 spiro atoms. The number of hydrogen-bond donors (Lipinski definition) is 0. The molecule has 0 radical (unpaired) electrons. The number of nitrogens with zero attached hydrogens (tertiary/aromatic N) is 3. The summed E-state index contributed by atoms with van der Waals surface area (Å²) in [6.07, 6.45) is 3.25. The van der Waals surface area contributed by atoms with Crippen LogP contribution in [-0.2, 0) is 0 Å². The van der Waals surface area contributed by atoms with Crippen LogP contribution in [0.15, 0.2) is 52.4 Å². The van der Waals surface area contributed by atoms with Crippen LogP contribution in [0.1, 0.15) is 10.4 Å². The van der Waals surface area contributed by atoms with E-state index in [9.17, 15) is 9.18 Å². The van der Waals surface area contributed by atoms with Crippen molar-refractivity contribution >= 4 is 17.5 Å². The van der Waals surface area contributed by atoms with Gasteiger partial charge in [-0.15, -0.1) is 10.2 Å². The molecule has 2 heterocycles. The van der Waals surface area contributed by atoms with E-state index in [0.717, 1.165) is 17.8 Å². The Morgan fingerprint density at radius 3 is 2.92 bits per heavy atom. The lowest BCUT2D eigenvalue weighted by molar-refractivity contribution is 0.102. The van der Waals surface area contributed by atoms with Gasteiger partial charge in [0, 0.05) is 18.0 Å². The smallest absolute Gasteiger partial charge is 0.277 e. The molecule has 0 unspecified atom stereocenters. The molecule has 6 nitrogen and oxygen atoms in total. The monoisotopic (exact) mass is 345 g/mol. The third-order valence-electron chi connectivity index (χ3n) is 3.12. The fourth-order valence-electron chi connectivity index (χ4n) is 1.92. The van der Waals surface area contributed by atoms with Crippen molar-refractivity contribution in [3.05, 3.63) is 54.1 Å². The van der Waals surface area contributed by atoms with Gasteiger partial charge in [-0.05, 0) is 30.3 Å². The van der Waals surface area contributed by atoms with Gasteiger partial charge < -0.3 is 9.15 Å². The van der Waals surface area contributed by atoms with Crippen molar-refractivity contribution in [3.8, 4) is 17.2 Å². The zero-order valence-corrected chi connectivity index (χ0v) is 13.4. The summed E-state index contributed by atoms with van der Waals surface area (Å²) in [6, 6.07) is 7.63. The summed E-state index contributed by atoms with van der Waals surface area (Å²) >= 11 is 1.09. The molecule has 3 aromatic rings. The molecule has 0 amide bonds. The number of methoxy groups -OCH3 is 1. The lowest BCUT2D eigenvalue weighted by Crippen LogP contribution is -2.03. The number of rotatable bonds is 6. The topological polar surface area (TPSA) is 78.1 Å². The summed E-state index contributed by atoms with van der Waals surface area (Å²) in [5.74, 6) is -0.348. The van der Waals surface area contributed by atoms with Gasteiger partial charge in [0.2, 0.25) is 5.89 Å².